The molecule has 0 bridgehead atoms. The maximum absolute atomic E-state index is 12.1. The van der Waals surface area contributed by atoms with Gasteiger partial charge in [0, 0.05) is 39.0 Å². The molecule has 0 radical (unpaired) electrons. The van der Waals surface area contributed by atoms with Gasteiger partial charge in [-0.3, -0.25) is 9.59 Å². The third-order valence-corrected chi connectivity index (χ3v) is 4.08. The van der Waals surface area contributed by atoms with E-state index in [-0.39, 0.29) is 18.3 Å². The first-order chi connectivity index (χ1) is 11.1. The summed E-state index contributed by atoms with van der Waals surface area (Å²) in [7, 11) is 2.07. The topological polar surface area (TPSA) is 49.9 Å². The lowest BCUT2D eigenvalue weighted by atomic mass is 10.1. The van der Waals surface area contributed by atoms with Gasteiger partial charge in [-0.2, -0.15) is 0 Å². The Labute approximate surface area is 138 Å². The summed E-state index contributed by atoms with van der Waals surface area (Å²) in [6.07, 6.45) is 1.47. The molecule has 5 heteroatoms. The average Bonchev–Trinajstić information content (AvgIpc) is 2.56. The first-order valence-corrected chi connectivity index (χ1v) is 8.25. The van der Waals surface area contributed by atoms with E-state index in [1.165, 1.54) is 0 Å². The molecule has 2 rings (SSSR count). The molecule has 23 heavy (non-hydrogen) atoms. The Hall–Kier alpha value is -1.72. The van der Waals surface area contributed by atoms with E-state index in [1.54, 1.807) is 0 Å². The van der Waals surface area contributed by atoms with Crippen molar-refractivity contribution >= 4 is 11.7 Å². The van der Waals surface area contributed by atoms with E-state index in [0.29, 0.717) is 25.9 Å². The fourth-order valence-corrected chi connectivity index (χ4v) is 2.58. The van der Waals surface area contributed by atoms with Gasteiger partial charge in [-0.15, -0.1) is 0 Å². The van der Waals surface area contributed by atoms with Crippen LogP contribution in [0.2, 0.25) is 0 Å². The largest absolute Gasteiger partial charge is 0.369 e. The van der Waals surface area contributed by atoms with Crippen LogP contribution in [0.25, 0.3) is 0 Å². The van der Waals surface area contributed by atoms with Gasteiger partial charge in [0.15, 0.2) is 5.78 Å². The average molecular weight is 318 g/mol. The summed E-state index contributed by atoms with van der Waals surface area (Å²) in [5, 5.41) is 0. The Bertz CT molecular complexity index is 496. The van der Waals surface area contributed by atoms with E-state index in [4.69, 9.17) is 4.74 Å². The van der Waals surface area contributed by atoms with Crippen molar-refractivity contribution in [3.63, 3.8) is 0 Å². The van der Waals surface area contributed by atoms with Crippen molar-refractivity contribution in [1.29, 1.82) is 0 Å². The Balaban J connectivity index is 1.55. The second-order valence-corrected chi connectivity index (χ2v) is 6.05. The predicted octanol–water partition coefficient (Wildman–Crippen LogP) is 1.72. The summed E-state index contributed by atoms with van der Waals surface area (Å²) in [5.41, 5.74) is 1.06. The molecule has 1 heterocycles. The Morgan fingerprint density at radius 3 is 2.43 bits per heavy atom. The van der Waals surface area contributed by atoms with Crippen LogP contribution in [0.15, 0.2) is 30.3 Å². The molecule has 1 aromatic rings. The summed E-state index contributed by atoms with van der Waals surface area (Å²) in [5.74, 6) is 0.225. The van der Waals surface area contributed by atoms with Crippen LogP contribution in [-0.4, -0.2) is 61.3 Å². The number of piperazine rings is 1. The summed E-state index contributed by atoms with van der Waals surface area (Å²) >= 11 is 0. The zero-order valence-corrected chi connectivity index (χ0v) is 13.9. The van der Waals surface area contributed by atoms with Gasteiger partial charge < -0.3 is 14.5 Å². The van der Waals surface area contributed by atoms with Crippen LogP contribution in [0, 0.1) is 0 Å². The minimum Gasteiger partial charge on any atom is -0.369 e. The van der Waals surface area contributed by atoms with Crippen LogP contribution in [-0.2, 0) is 20.9 Å². The quantitative estimate of drug-likeness (QED) is 0.732. The van der Waals surface area contributed by atoms with Crippen molar-refractivity contribution in [1.82, 2.24) is 9.80 Å². The number of ether oxygens (including phenoxy) is 1. The van der Waals surface area contributed by atoms with Gasteiger partial charge >= 0.3 is 0 Å². The van der Waals surface area contributed by atoms with Crippen molar-refractivity contribution in [2.75, 3.05) is 39.8 Å². The molecule has 1 fully saturated rings. The molecule has 0 aliphatic carbocycles. The van der Waals surface area contributed by atoms with Gasteiger partial charge in [0.25, 0.3) is 0 Å². The number of carbonyl (C=O) groups excluding carboxylic acids is 2. The Morgan fingerprint density at radius 1 is 1.04 bits per heavy atom. The second kappa shape index (κ2) is 9.43. The number of Topliss-reactive ketones (excluding diaryl/α,β-unsaturated/α-hetero) is 1. The maximum Gasteiger partial charge on any atom is 0.222 e. The van der Waals surface area contributed by atoms with Gasteiger partial charge in [0.1, 0.15) is 6.61 Å². The molecule has 5 nitrogen and oxygen atoms in total. The van der Waals surface area contributed by atoms with Crippen molar-refractivity contribution in [2.45, 2.75) is 25.9 Å². The third kappa shape index (κ3) is 6.50. The molecule has 0 N–H and O–H groups in total. The standard InChI is InChI=1S/C18H26N2O3/c1-19-10-12-20(13-11-19)18(22)9-5-8-17(21)15-23-14-16-6-3-2-4-7-16/h2-4,6-7H,5,8-15H2,1H3. The van der Waals surface area contributed by atoms with Crippen LogP contribution in [0.1, 0.15) is 24.8 Å². The number of nitrogens with zero attached hydrogens (tertiary/aromatic N) is 2. The van der Waals surface area contributed by atoms with Crippen LogP contribution >= 0.6 is 0 Å². The number of benzene rings is 1. The molecule has 1 saturated heterocycles. The summed E-state index contributed by atoms with van der Waals surface area (Å²) in [6.45, 7) is 4.02. The molecule has 0 saturated carbocycles. The van der Waals surface area contributed by atoms with E-state index in [2.05, 4.69) is 11.9 Å². The lowest BCUT2D eigenvalue weighted by molar-refractivity contribution is -0.133. The smallest absolute Gasteiger partial charge is 0.222 e. The highest BCUT2D eigenvalue weighted by molar-refractivity contribution is 5.81. The van der Waals surface area contributed by atoms with E-state index in [0.717, 1.165) is 31.7 Å². The zero-order valence-electron chi connectivity index (χ0n) is 13.9. The van der Waals surface area contributed by atoms with Crippen molar-refractivity contribution < 1.29 is 14.3 Å². The van der Waals surface area contributed by atoms with E-state index in [1.807, 2.05) is 35.2 Å². The lowest BCUT2D eigenvalue weighted by Crippen LogP contribution is -2.47. The van der Waals surface area contributed by atoms with Crippen LogP contribution < -0.4 is 0 Å². The molecule has 1 aliphatic heterocycles. The Morgan fingerprint density at radius 2 is 1.74 bits per heavy atom. The third-order valence-electron chi connectivity index (χ3n) is 4.08. The molecular formula is C18H26N2O3. The molecule has 0 aromatic heterocycles. The summed E-state index contributed by atoms with van der Waals surface area (Å²) in [4.78, 5) is 27.9. The highest BCUT2D eigenvalue weighted by atomic mass is 16.5. The van der Waals surface area contributed by atoms with Crippen LogP contribution in [0.4, 0.5) is 0 Å². The fourth-order valence-electron chi connectivity index (χ4n) is 2.58. The van der Waals surface area contributed by atoms with E-state index in [9.17, 15) is 9.59 Å². The minimum absolute atomic E-state index is 0.0621. The number of hydrogen-bond acceptors (Lipinski definition) is 4. The van der Waals surface area contributed by atoms with E-state index >= 15 is 0 Å². The minimum atomic E-state index is 0.0621. The monoisotopic (exact) mass is 318 g/mol. The number of ketones is 1. The first kappa shape index (κ1) is 17.6. The van der Waals surface area contributed by atoms with Crippen molar-refractivity contribution in [3.05, 3.63) is 35.9 Å². The highest BCUT2D eigenvalue weighted by Gasteiger charge is 2.18. The van der Waals surface area contributed by atoms with Gasteiger partial charge in [-0.1, -0.05) is 30.3 Å². The molecule has 1 aromatic carbocycles. The van der Waals surface area contributed by atoms with Crippen LogP contribution in [0.5, 0.6) is 0 Å². The molecule has 126 valence electrons. The number of rotatable bonds is 8. The predicted molar refractivity (Wildman–Crippen MR) is 89.0 cm³/mol. The molecule has 1 aliphatic rings. The van der Waals surface area contributed by atoms with Crippen molar-refractivity contribution in [2.24, 2.45) is 0 Å². The number of hydrogen-bond donors (Lipinski definition) is 0. The number of likely N-dealkylation sites (N-methyl/N-ethyl adjacent to an activating group) is 1. The summed E-state index contributed by atoms with van der Waals surface area (Å²) in [6, 6.07) is 9.79. The zero-order chi connectivity index (χ0) is 16.5. The second-order valence-electron chi connectivity index (χ2n) is 6.05. The van der Waals surface area contributed by atoms with Gasteiger partial charge in [-0.05, 0) is 19.0 Å². The number of amides is 1. The molecule has 0 spiro atoms. The van der Waals surface area contributed by atoms with Gasteiger partial charge in [0.2, 0.25) is 5.91 Å². The SMILES string of the molecule is CN1CCN(C(=O)CCCC(=O)COCc2ccccc2)CC1. The van der Waals surface area contributed by atoms with Gasteiger partial charge in [0.05, 0.1) is 6.61 Å². The maximum atomic E-state index is 12.1. The van der Waals surface area contributed by atoms with E-state index < -0.39 is 0 Å². The lowest BCUT2D eigenvalue weighted by Gasteiger charge is -2.32. The van der Waals surface area contributed by atoms with Gasteiger partial charge in [-0.25, -0.2) is 0 Å². The molecular weight excluding hydrogens is 292 g/mol. The molecule has 0 atom stereocenters. The highest BCUT2D eigenvalue weighted by Crippen LogP contribution is 2.06. The summed E-state index contributed by atoms with van der Waals surface area (Å²) < 4.78 is 5.42. The first-order valence-electron chi connectivity index (χ1n) is 8.25. The Kier molecular flexibility index (Phi) is 7.23. The normalized spacial score (nSPS) is 15.6. The van der Waals surface area contributed by atoms with Crippen molar-refractivity contribution in [3.8, 4) is 0 Å². The molecule has 0 unspecified atom stereocenters. The number of carbonyl (C=O) groups is 2. The van der Waals surface area contributed by atoms with Crippen LogP contribution in [0.3, 0.4) is 0 Å². The molecule has 1 amide bonds. The fraction of sp³-hybridized carbons (Fsp3) is 0.556.